The Morgan fingerprint density at radius 1 is 1.06 bits per heavy atom. The highest BCUT2D eigenvalue weighted by Gasteiger charge is 2.35. The highest BCUT2D eigenvalue weighted by molar-refractivity contribution is 6.42. The van der Waals surface area contributed by atoms with Gasteiger partial charge in [0.05, 0.1) is 27.8 Å². The number of hydrogen-bond acceptors (Lipinski definition) is 4. The van der Waals surface area contributed by atoms with Gasteiger partial charge >= 0.3 is 12.0 Å². The molecule has 2 aromatic rings. The van der Waals surface area contributed by atoms with E-state index in [-0.39, 0.29) is 24.7 Å². The number of hydrogen-bond donors (Lipinski definition) is 2. The minimum absolute atomic E-state index is 0.0765. The lowest BCUT2D eigenvalue weighted by atomic mass is 9.91. The number of amides is 2. The molecule has 1 heterocycles. The van der Waals surface area contributed by atoms with Crippen LogP contribution >= 0.6 is 23.2 Å². The van der Waals surface area contributed by atoms with Crippen molar-refractivity contribution in [2.45, 2.75) is 46.4 Å². The minimum atomic E-state index is -0.666. The summed E-state index contributed by atoms with van der Waals surface area (Å²) >= 11 is 12.0. The maximum atomic E-state index is 12.9. The molecule has 0 aromatic heterocycles. The molecule has 0 bridgehead atoms. The molecule has 6 nitrogen and oxygen atoms in total. The quantitative estimate of drug-likeness (QED) is 0.495. The Balaban J connectivity index is 1.90. The van der Waals surface area contributed by atoms with Gasteiger partial charge < -0.3 is 20.1 Å². The Hall–Kier alpha value is -2.70. The van der Waals surface area contributed by atoms with Crippen LogP contribution in [0, 0.1) is 5.92 Å². The topological polar surface area (TPSA) is 76.7 Å². The average Bonchev–Trinajstić information content (AvgIpc) is 2.73. The lowest BCUT2D eigenvalue weighted by Crippen LogP contribution is -2.47. The Kier molecular flexibility index (Phi) is 7.69. The Labute approximate surface area is 197 Å². The van der Waals surface area contributed by atoms with Gasteiger partial charge in [0, 0.05) is 5.70 Å². The molecule has 1 unspecified atom stereocenters. The molecule has 0 aliphatic carbocycles. The second-order valence-corrected chi connectivity index (χ2v) is 8.89. The van der Waals surface area contributed by atoms with Crippen molar-refractivity contribution < 1.29 is 19.1 Å². The van der Waals surface area contributed by atoms with Crippen molar-refractivity contribution in [3.63, 3.8) is 0 Å². The zero-order valence-corrected chi connectivity index (χ0v) is 19.9. The summed E-state index contributed by atoms with van der Waals surface area (Å²) in [5.74, 6) is 0.0414. The van der Waals surface area contributed by atoms with Crippen LogP contribution in [0.2, 0.25) is 10.0 Å². The van der Waals surface area contributed by atoms with E-state index >= 15 is 0 Å². The molecule has 170 valence electrons. The van der Waals surface area contributed by atoms with Crippen LogP contribution in [0.4, 0.5) is 4.79 Å². The first kappa shape index (κ1) is 24.0. The standard InChI is InChI=1S/C24H26Cl2N2O4/c1-13(2)21-20(23(29)32-14(3)4)22(28-24(30)27-21)16-6-5-7-17(11-16)31-12-15-8-9-18(25)19(26)10-15/h5-11,13-14,22H,12H2,1-4H3,(H2,27,28,30). The number of urea groups is 1. The van der Waals surface area contributed by atoms with E-state index in [4.69, 9.17) is 32.7 Å². The maximum Gasteiger partial charge on any atom is 0.338 e. The maximum absolute atomic E-state index is 12.9. The first-order valence-corrected chi connectivity index (χ1v) is 11.1. The predicted molar refractivity (Wildman–Crippen MR) is 125 cm³/mol. The minimum Gasteiger partial charge on any atom is -0.489 e. The third-order valence-corrected chi connectivity index (χ3v) is 5.56. The Morgan fingerprint density at radius 3 is 2.47 bits per heavy atom. The summed E-state index contributed by atoms with van der Waals surface area (Å²) < 4.78 is 11.4. The molecule has 2 aromatic carbocycles. The van der Waals surface area contributed by atoms with Gasteiger partial charge in [0.1, 0.15) is 12.4 Å². The zero-order chi connectivity index (χ0) is 23.4. The molecule has 1 atom stereocenters. The fraction of sp³-hybridized carbons (Fsp3) is 0.333. The monoisotopic (exact) mass is 476 g/mol. The van der Waals surface area contributed by atoms with Crippen molar-refractivity contribution in [3.8, 4) is 5.75 Å². The number of carbonyl (C=O) groups excluding carboxylic acids is 2. The smallest absolute Gasteiger partial charge is 0.338 e. The van der Waals surface area contributed by atoms with Gasteiger partial charge in [-0.2, -0.15) is 0 Å². The number of carbonyl (C=O) groups is 2. The highest BCUT2D eigenvalue weighted by atomic mass is 35.5. The van der Waals surface area contributed by atoms with Crippen LogP contribution in [0.5, 0.6) is 5.75 Å². The van der Waals surface area contributed by atoms with E-state index in [2.05, 4.69) is 10.6 Å². The summed E-state index contributed by atoms with van der Waals surface area (Å²) in [5, 5.41) is 6.54. The number of nitrogens with one attached hydrogen (secondary N) is 2. The third-order valence-electron chi connectivity index (χ3n) is 4.82. The summed E-state index contributed by atoms with van der Waals surface area (Å²) in [4.78, 5) is 25.3. The van der Waals surface area contributed by atoms with E-state index in [9.17, 15) is 9.59 Å². The lowest BCUT2D eigenvalue weighted by molar-refractivity contribution is -0.143. The van der Waals surface area contributed by atoms with E-state index in [0.29, 0.717) is 32.6 Å². The molecule has 8 heteroatoms. The SMILES string of the molecule is CC(C)OC(=O)C1=C(C(C)C)NC(=O)NC1c1cccc(OCc2ccc(Cl)c(Cl)c2)c1. The summed E-state index contributed by atoms with van der Waals surface area (Å²) in [6.07, 6.45) is -0.289. The van der Waals surface area contributed by atoms with Crippen LogP contribution in [-0.4, -0.2) is 18.1 Å². The molecule has 1 aliphatic rings. The molecule has 0 saturated heterocycles. The van der Waals surface area contributed by atoms with Crippen LogP contribution in [-0.2, 0) is 16.1 Å². The average molecular weight is 477 g/mol. The number of rotatable bonds is 7. The summed E-state index contributed by atoms with van der Waals surface area (Å²) in [7, 11) is 0. The molecule has 0 fully saturated rings. The zero-order valence-electron chi connectivity index (χ0n) is 18.4. The number of benzene rings is 2. The van der Waals surface area contributed by atoms with Crippen molar-refractivity contribution in [2.75, 3.05) is 0 Å². The molecule has 3 rings (SSSR count). The molecule has 0 saturated carbocycles. The summed E-state index contributed by atoms with van der Waals surface area (Å²) in [5.41, 5.74) is 2.50. The van der Waals surface area contributed by atoms with Gasteiger partial charge in [-0.05, 0) is 55.2 Å². The van der Waals surface area contributed by atoms with Gasteiger partial charge in [0.15, 0.2) is 0 Å². The van der Waals surface area contributed by atoms with Crippen LogP contribution < -0.4 is 15.4 Å². The molecule has 1 aliphatic heterocycles. The molecular weight excluding hydrogens is 451 g/mol. The normalized spacial score (nSPS) is 16.1. The van der Waals surface area contributed by atoms with Gasteiger partial charge in [0.2, 0.25) is 0 Å². The number of esters is 1. The van der Waals surface area contributed by atoms with E-state index in [1.54, 1.807) is 32.0 Å². The largest absolute Gasteiger partial charge is 0.489 e. The Bertz CT molecular complexity index is 1050. The van der Waals surface area contributed by atoms with E-state index < -0.39 is 12.0 Å². The van der Waals surface area contributed by atoms with Crippen molar-refractivity contribution >= 4 is 35.2 Å². The van der Waals surface area contributed by atoms with Crippen LogP contribution in [0.15, 0.2) is 53.7 Å². The second kappa shape index (κ2) is 10.3. The number of ether oxygens (including phenoxy) is 2. The molecular formula is C24H26Cl2N2O4. The second-order valence-electron chi connectivity index (χ2n) is 8.08. The molecule has 32 heavy (non-hydrogen) atoms. The fourth-order valence-corrected chi connectivity index (χ4v) is 3.70. The van der Waals surface area contributed by atoms with Crippen LogP contribution in [0.3, 0.4) is 0 Å². The van der Waals surface area contributed by atoms with Crippen LogP contribution in [0.25, 0.3) is 0 Å². The first-order valence-electron chi connectivity index (χ1n) is 10.3. The van der Waals surface area contributed by atoms with E-state index in [1.165, 1.54) is 0 Å². The van der Waals surface area contributed by atoms with Gasteiger partial charge in [-0.3, -0.25) is 0 Å². The number of halogens is 2. The lowest BCUT2D eigenvalue weighted by Gasteiger charge is -2.31. The van der Waals surface area contributed by atoms with Crippen LogP contribution in [0.1, 0.15) is 44.9 Å². The van der Waals surface area contributed by atoms with Crippen molar-refractivity contribution in [1.29, 1.82) is 0 Å². The molecule has 2 N–H and O–H groups in total. The third kappa shape index (κ3) is 5.75. The highest BCUT2D eigenvalue weighted by Crippen LogP contribution is 2.32. The van der Waals surface area contributed by atoms with Crippen molar-refractivity contribution in [2.24, 2.45) is 5.92 Å². The van der Waals surface area contributed by atoms with Crippen molar-refractivity contribution in [3.05, 3.63) is 74.9 Å². The fourth-order valence-electron chi connectivity index (χ4n) is 3.38. The van der Waals surface area contributed by atoms with Gasteiger partial charge in [-0.1, -0.05) is 55.2 Å². The van der Waals surface area contributed by atoms with Crippen molar-refractivity contribution in [1.82, 2.24) is 10.6 Å². The molecule has 0 spiro atoms. The number of allylic oxidation sites excluding steroid dienone is 1. The van der Waals surface area contributed by atoms with Gasteiger partial charge in [-0.25, -0.2) is 9.59 Å². The van der Waals surface area contributed by atoms with E-state index in [0.717, 1.165) is 5.56 Å². The Morgan fingerprint density at radius 2 is 1.81 bits per heavy atom. The molecule has 2 amide bonds. The summed E-state index contributed by atoms with van der Waals surface area (Å²) in [6.45, 7) is 7.69. The first-order chi connectivity index (χ1) is 15.2. The molecule has 0 radical (unpaired) electrons. The van der Waals surface area contributed by atoms with Gasteiger partial charge in [0.25, 0.3) is 0 Å². The summed E-state index contributed by atoms with van der Waals surface area (Å²) in [6, 6.07) is 11.5. The van der Waals surface area contributed by atoms with Gasteiger partial charge in [-0.15, -0.1) is 0 Å². The predicted octanol–water partition coefficient (Wildman–Crippen LogP) is 5.79. The van der Waals surface area contributed by atoms with E-state index in [1.807, 2.05) is 38.1 Å².